The molecule has 47 heavy (non-hydrogen) atoms. The summed E-state index contributed by atoms with van der Waals surface area (Å²) in [6, 6.07) is 17.9. The molecule has 0 saturated carbocycles. The lowest BCUT2D eigenvalue weighted by molar-refractivity contribution is -0.142. The van der Waals surface area contributed by atoms with Gasteiger partial charge in [0, 0.05) is 56.0 Å². The number of fused-ring (bicyclic) bond motifs is 1. The Labute approximate surface area is 285 Å². The molecule has 0 radical (unpaired) electrons. The third-order valence-electron chi connectivity index (χ3n) is 9.04. The van der Waals surface area contributed by atoms with Gasteiger partial charge >= 0.3 is 0 Å². The lowest BCUT2D eigenvalue weighted by Crippen LogP contribution is -2.56. The van der Waals surface area contributed by atoms with Crippen molar-refractivity contribution in [2.75, 3.05) is 25.0 Å². The summed E-state index contributed by atoms with van der Waals surface area (Å²) in [5, 5.41) is 16.5. The quantitative estimate of drug-likeness (QED) is 0.240. The Balaban J connectivity index is 1.34. The third-order valence-corrected chi connectivity index (χ3v) is 9.93. The molecule has 2 unspecified atom stereocenters. The number of carbonyl (C=O) groups excluding carboxylic acids is 4. The number of halogens is 2. The van der Waals surface area contributed by atoms with Gasteiger partial charge in [-0.3, -0.25) is 19.2 Å². The van der Waals surface area contributed by atoms with E-state index in [-0.39, 0.29) is 43.6 Å². The average molecular weight is 680 g/mol. The van der Waals surface area contributed by atoms with E-state index in [9.17, 15) is 24.3 Å². The van der Waals surface area contributed by atoms with Gasteiger partial charge in [-0.25, -0.2) is 0 Å². The summed E-state index contributed by atoms with van der Waals surface area (Å²) in [6.07, 6.45) is 1.52. The second-order valence-electron chi connectivity index (χ2n) is 12.2. The van der Waals surface area contributed by atoms with Crippen LogP contribution >= 0.6 is 23.2 Å². The number of nitrogens with zero attached hydrogens (tertiary/aromatic N) is 2. The SMILES string of the molecule is Cc1c(Cl)ccc(NC(=O)C(CCN2CCC(O)CC2)NC(=O)C2Cc3ccccc3CN2C(=O)CCC(=O)c2ccccc2)c1Cl. The molecule has 0 aromatic heterocycles. The highest BCUT2D eigenvalue weighted by molar-refractivity contribution is 6.38. The first-order chi connectivity index (χ1) is 22.6. The molecule has 1 saturated heterocycles. The topological polar surface area (TPSA) is 119 Å². The fourth-order valence-corrected chi connectivity index (χ4v) is 6.54. The highest BCUT2D eigenvalue weighted by Crippen LogP contribution is 2.31. The Morgan fingerprint density at radius 2 is 1.60 bits per heavy atom. The van der Waals surface area contributed by atoms with Crippen LogP contribution in [0.15, 0.2) is 66.7 Å². The molecule has 11 heteroatoms. The fraction of sp³-hybridized carbons (Fsp3) is 0.389. The molecular formula is C36H40Cl2N4O5. The number of likely N-dealkylation sites (tertiary alicyclic amines) is 1. The Kier molecular flexibility index (Phi) is 11.7. The molecule has 5 rings (SSSR count). The summed E-state index contributed by atoms with van der Waals surface area (Å²) in [7, 11) is 0. The molecule has 3 aromatic carbocycles. The number of hydrogen-bond acceptors (Lipinski definition) is 6. The van der Waals surface area contributed by atoms with Crippen LogP contribution in [0.4, 0.5) is 5.69 Å². The molecule has 3 N–H and O–H groups in total. The van der Waals surface area contributed by atoms with E-state index < -0.39 is 23.9 Å². The summed E-state index contributed by atoms with van der Waals surface area (Å²) >= 11 is 12.7. The Hall–Kier alpha value is -3.76. The van der Waals surface area contributed by atoms with Crippen molar-refractivity contribution in [3.8, 4) is 0 Å². The van der Waals surface area contributed by atoms with Crippen LogP contribution < -0.4 is 10.6 Å². The summed E-state index contributed by atoms with van der Waals surface area (Å²) in [6.45, 7) is 3.88. The van der Waals surface area contributed by atoms with Crippen LogP contribution in [-0.4, -0.2) is 76.2 Å². The Morgan fingerprint density at radius 3 is 2.32 bits per heavy atom. The van der Waals surface area contributed by atoms with Gasteiger partial charge in [-0.2, -0.15) is 0 Å². The highest BCUT2D eigenvalue weighted by Gasteiger charge is 2.36. The zero-order valence-corrected chi connectivity index (χ0v) is 27.9. The number of Topliss-reactive ketones (excluding diaryl/α,β-unsaturated/α-hetero) is 1. The van der Waals surface area contributed by atoms with Gasteiger partial charge < -0.3 is 25.5 Å². The molecule has 2 heterocycles. The van der Waals surface area contributed by atoms with Crippen LogP contribution in [0.5, 0.6) is 0 Å². The maximum atomic E-state index is 14.1. The molecule has 0 aliphatic carbocycles. The number of amides is 3. The lowest BCUT2D eigenvalue weighted by atomic mass is 9.92. The van der Waals surface area contributed by atoms with Gasteiger partial charge in [0.25, 0.3) is 0 Å². The lowest BCUT2D eigenvalue weighted by Gasteiger charge is -2.37. The number of aliphatic hydroxyl groups is 1. The first-order valence-corrected chi connectivity index (χ1v) is 16.8. The predicted octanol–water partition coefficient (Wildman–Crippen LogP) is 5.19. The van der Waals surface area contributed by atoms with Crippen LogP contribution in [0.2, 0.25) is 10.0 Å². The number of nitrogens with one attached hydrogen (secondary N) is 2. The van der Waals surface area contributed by atoms with E-state index in [0.717, 1.165) is 11.1 Å². The summed E-state index contributed by atoms with van der Waals surface area (Å²) < 4.78 is 0. The van der Waals surface area contributed by atoms with Crippen molar-refractivity contribution in [1.29, 1.82) is 0 Å². The maximum absolute atomic E-state index is 14.1. The van der Waals surface area contributed by atoms with Gasteiger partial charge in [0.05, 0.1) is 16.8 Å². The van der Waals surface area contributed by atoms with Gasteiger partial charge in [0.1, 0.15) is 12.1 Å². The summed E-state index contributed by atoms with van der Waals surface area (Å²) in [5.41, 5.74) is 3.43. The minimum Gasteiger partial charge on any atom is -0.393 e. The fourth-order valence-electron chi connectivity index (χ4n) is 6.12. The number of aliphatic hydroxyl groups excluding tert-OH is 1. The van der Waals surface area contributed by atoms with Crippen LogP contribution in [0.3, 0.4) is 0 Å². The zero-order chi connectivity index (χ0) is 33.5. The van der Waals surface area contributed by atoms with Crippen LogP contribution in [0.1, 0.15) is 59.2 Å². The molecule has 3 aromatic rings. The molecular weight excluding hydrogens is 639 g/mol. The maximum Gasteiger partial charge on any atom is 0.247 e. The number of rotatable bonds is 11. The molecule has 0 bridgehead atoms. The van der Waals surface area contributed by atoms with Crippen molar-refractivity contribution in [2.45, 2.75) is 70.2 Å². The van der Waals surface area contributed by atoms with Crippen molar-refractivity contribution in [2.24, 2.45) is 0 Å². The van der Waals surface area contributed by atoms with Gasteiger partial charge in [-0.05, 0) is 55.0 Å². The monoisotopic (exact) mass is 678 g/mol. The van der Waals surface area contributed by atoms with Crippen LogP contribution in [0.25, 0.3) is 0 Å². The van der Waals surface area contributed by atoms with Gasteiger partial charge in [0.15, 0.2) is 5.78 Å². The van der Waals surface area contributed by atoms with Gasteiger partial charge in [-0.15, -0.1) is 0 Å². The highest BCUT2D eigenvalue weighted by atomic mass is 35.5. The summed E-state index contributed by atoms with van der Waals surface area (Å²) in [5.74, 6) is -1.34. The minimum atomic E-state index is -0.935. The number of ketones is 1. The summed E-state index contributed by atoms with van der Waals surface area (Å²) in [4.78, 5) is 57.9. The largest absolute Gasteiger partial charge is 0.393 e. The second kappa shape index (κ2) is 15.9. The first-order valence-electron chi connectivity index (χ1n) is 16.0. The van der Waals surface area contributed by atoms with Crippen molar-refractivity contribution >= 4 is 52.4 Å². The number of benzene rings is 3. The number of carbonyl (C=O) groups is 4. The molecule has 248 valence electrons. The molecule has 1 fully saturated rings. The molecule has 2 aliphatic rings. The standard InChI is InChI=1S/C36H40Cl2N4O5/c1-23-28(37)11-12-29(34(23)38)39-35(46)30(17-20-41-18-15-27(43)16-19-41)40-36(47)31-21-25-9-5-6-10-26(25)22-42(31)33(45)14-13-32(44)24-7-3-2-4-8-24/h2-12,27,30-31,43H,13-22H2,1H3,(H,39,46)(H,40,47). The van der Waals surface area contributed by atoms with E-state index in [2.05, 4.69) is 15.5 Å². The van der Waals surface area contributed by atoms with Crippen LogP contribution in [-0.2, 0) is 27.3 Å². The van der Waals surface area contributed by atoms with Crippen molar-refractivity contribution < 1.29 is 24.3 Å². The molecule has 0 spiro atoms. The number of piperidine rings is 1. The van der Waals surface area contributed by atoms with E-state index in [4.69, 9.17) is 23.2 Å². The Bertz CT molecular complexity index is 1610. The third kappa shape index (κ3) is 8.78. The van der Waals surface area contributed by atoms with Crippen molar-refractivity contribution in [3.63, 3.8) is 0 Å². The molecule has 3 amide bonds. The van der Waals surface area contributed by atoms with Gasteiger partial charge in [-0.1, -0.05) is 77.8 Å². The Morgan fingerprint density at radius 1 is 0.915 bits per heavy atom. The molecule has 2 atom stereocenters. The van der Waals surface area contributed by atoms with E-state index in [1.54, 1.807) is 43.3 Å². The van der Waals surface area contributed by atoms with Crippen molar-refractivity contribution in [3.05, 3.63) is 99.0 Å². The van der Waals surface area contributed by atoms with E-state index in [0.29, 0.717) is 65.8 Å². The predicted molar refractivity (Wildman–Crippen MR) is 183 cm³/mol. The van der Waals surface area contributed by atoms with Crippen LogP contribution in [0, 0.1) is 6.92 Å². The second-order valence-corrected chi connectivity index (χ2v) is 13.0. The first kappa shape index (κ1) is 34.6. The van der Waals surface area contributed by atoms with Gasteiger partial charge in [0.2, 0.25) is 17.7 Å². The minimum absolute atomic E-state index is 0.0200. The smallest absolute Gasteiger partial charge is 0.247 e. The molecule has 2 aliphatic heterocycles. The molecule has 9 nitrogen and oxygen atoms in total. The van der Waals surface area contributed by atoms with E-state index in [1.807, 2.05) is 30.3 Å². The number of hydrogen-bond donors (Lipinski definition) is 3. The average Bonchev–Trinajstić information content (AvgIpc) is 3.09. The van der Waals surface area contributed by atoms with E-state index >= 15 is 0 Å². The van der Waals surface area contributed by atoms with Crippen molar-refractivity contribution in [1.82, 2.24) is 15.1 Å². The normalized spacial score (nSPS) is 17.4. The zero-order valence-electron chi connectivity index (χ0n) is 26.4. The number of anilines is 1. The van der Waals surface area contributed by atoms with E-state index in [1.165, 1.54) is 4.90 Å².